The Labute approximate surface area is 175 Å². The van der Waals surface area contributed by atoms with Gasteiger partial charge in [0.05, 0.1) is 0 Å². The standard InChI is InChI=1S/C25H34ClNO/c1-18(16-20-8-14-23(26)15-9-20)25(28,19(2)17-27(6)7)22-12-10-21(11-13-22)24(3,4)5/h8-16,19,28H,17H2,1-7H3/b18-16-. The number of rotatable bonds is 6. The Kier molecular flexibility index (Phi) is 7.14. The van der Waals surface area contributed by atoms with Crippen molar-refractivity contribution in [3.8, 4) is 0 Å². The van der Waals surface area contributed by atoms with Crippen LogP contribution in [0, 0.1) is 5.92 Å². The van der Waals surface area contributed by atoms with Gasteiger partial charge in [0.1, 0.15) is 5.60 Å². The average molecular weight is 400 g/mol. The number of benzene rings is 2. The summed E-state index contributed by atoms with van der Waals surface area (Å²) in [7, 11) is 4.08. The summed E-state index contributed by atoms with van der Waals surface area (Å²) in [5.74, 6) is 0.0199. The van der Waals surface area contributed by atoms with Crippen molar-refractivity contribution in [3.05, 3.63) is 75.8 Å². The van der Waals surface area contributed by atoms with Crippen LogP contribution in [-0.4, -0.2) is 30.6 Å². The van der Waals surface area contributed by atoms with E-state index in [9.17, 15) is 5.11 Å². The molecule has 0 spiro atoms. The van der Waals surface area contributed by atoms with E-state index in [4.69, 9.17) is 11.6 Å². The van der Waals surface area contributed by atoms with Crippen molar-refractivity contribution in [1.82, 2.24) is 4.90 Å². The summed E-state index contributed by atoms with van der Waals surface area (Å²) in [5, 5.41) is 12.7. The van der Waals surface area contributed by atoms with Crippen LogP contribution in [0.1, 0.15) is 51.3 Å². The first-order valence-corrected chi connectivity index (χ1v) is 10.2. The van der Waals surface area contributed by atoms with Gasteiger partial charge in [0.25, 0.3) is 0 Å². The molecule has 3 heteroatoms. The zero-order valence-corrected chi connectivity index (χ0v) is 19.0. The molecule has 0 aromatic heterocycles. The molecule has 2 aromatic rings. The zero-order chi connectivity index (χ0) is 21.1. The van der Waals surface area contributed by atoms with Crippen LogP contribution in [0.3, 0.4) is 0 Å². The molecule has 0 heterocycles. The highest BCUT2D eigenvalue weighted by atomic mass is 35.5. The molecule has 2 rings (SSSR count). The van der Waals surface area contributed by atoms with E-state index >= 15 is 0 Å². The van der Waals surface area contributed by atoms with Crippen LogP contribution >= 0.6 is 11.6 Å². The molecule has 2 unspecified atom stereocenters. The van der Waals surface area contributed by atoms with Crippen LogP contribution in [0.4, 0.5) is 0 Å². The molecule has 1 N–H and O–H groups in total. The maximum absolute atomic E-state index is 12.0. The molecule has 0 amide bonds. The molecule has 0 aliphatic rings. The highest BCUT2D eigenvalue weighted by Crippen LogP contribution is 2.39. The first-order valence-electron chi connectivity index (χ1n) is 9.87. The van der Waals surface area contributed by atoms with Crippen LogP contribution in [-0.2, 0) is 11.0 Å². The number of halogens is 1. The van der Waals surface area contributed by atoms with Crippen LogP contribution in [0.25, 0.3) is 6.08 Å². The van der Waals surface area contributed by atoms with Gasteiger partial charge < -0.3 is 10.0 Å². The van der Waals surface area contributed by atoms with E-state index in [1.807, 2.05) is 45.3 Å². The summed E-state index contributed by atoms with van der Waals surface area (Å²) in [6.07, 6.45) is 2.06. The smallest absolute Gasteiger partial charge is 0.114 e. The van der Waals surface area contributed by atoms with Crippen molar-refractivity contribution in [2.24, 2.45) is 5.92 Å². The molecule has 2 atom stereocenters. The van der Waals surface area contributed by atoms with E-state index in [1.54, 1.807) is 0 Å². The SMILES string of the molecule is C/C(=C/c1ccc(Cl)cc1)C(O)(c1ccc(C(C)(C)C)cc1)C(C)CN(C)C. The van der Waals surface area contributed by atoms with Crippen molar-refractivity contribution in [1.29, 1.82) is 0 Å². The van der Waals surface area contributed by atoms with E-state index in [0.29, 0.717) is 5.02 Å². The minimum Gasteiger partial charge on any atom is -0.380 e. The Morgan fingerprint density at radius 1 is 1.00 bits per heavy atom. The number of hydrogen-bond donors (Lipinski definition) is 1. The fourth-order valence-corrected chi connectivity index (χ4v) is 3.85. The normalized spacial score (nSPS) is 16.1. The van der Waals surface area contributed by atoms with Gasteiger partial charge in [0, 0.05) is 17.5 Å². The lowest BCUT2D eigenvalue weighted by Crippen LogP contribution is -2.40. The fourth-order valence-electron chi connectivity index (χ4n) is 3.72. The zero-order valence-electron chi connectivity index (χ0n) is 18.3. The van der Waals surface area contributed by atoms with E-state index in [0.717, 1.165) is 23.2 Å². The van der Waals surface area contributed by atoms with Crippen LogP contribution in [0.15, 0.2) is 54.1 Å². The van der Waals surface area contributed by atoms with Crippen molar-refractivity contribution in [3.63, 3.8) is 0 Å². The molecule has 0 radical (unpaired) electrons. The monoisotopic (exact) mass is 399 g/mol. The summed E-state index contributed by atoms with van der Waals surface area (Å²) in [6.45, 7) is 11.5. The van der Waals surface area contributed by atoms with Gasteiger partial charge in [0.15, 0.2) is 0 Å². The van der Waals surface area contributed by atoms with Gasteiger partial charge in [-0.15, -0.1) is 0 Å². The first kappa shape index (κ1) is 22.7. The maximum atomic E-state index is 12.0. The van der Waals surface area contributed by atoms with Crippen LogP contribution < -0.4 is 0 Å². The minimum atomic E-state index is -1.06. The summed E-state index contributed by atoms with van der Waals surface area (Å²) < 4.78 is 0. The number of hydrogen-bond acceptors (Lipinski definition) is 2. The Hall–Kier alpha value is -1.61. The lowest BCUT2D eigenvalue weighted by atomic mass is 9.75. The molecule has 28 heavy (non-hydrogen) atoms. The second-order valence-corrected chi connectivity index (χ2v) is 9.57. The summed E-state index contributed by atoms with van der Waals surface area (Å²) >= 11 is 6.02. The maximum Gasteiger partial charge on any atom is 0.114 e. The number of nitrogens with zero attached hydrogens (tertiary/aromatic N) is 1. The molecule has 0 fully saturated rings. The number of aliphatic hydroxyl groups is 1. The first-order chi connectivity index (χ1) is 12.9. The molecule has 2 nitrogen and oxygen atoms in total. The van der Waals surface area contributed by atoms with Crippen molar-refractivity contribution in [2.45, 2.75) is 45.6 Å². The highest BCUT2D eigenvalue weighted by Gasteiger charge is 2.37. The van der Waals surface area contributed by atoms with E-state index in [1.165, 1.54) is 5.56 Å². The summed E-state index contributed by atoms with van der Waals surface area (Å²) in [5.41, 5.74) is 3.17. The third-order valence-electron chi connectivity index (χ3n) is 5.40. The second-order valence-electron chi connectivity index (χ2n) is 9.14. The van der Waals surface area contributed by atoms with Gasteiger partial charge in [-0.1, -0.05) is 81.8 Å². The van der Waals surface area contributed by atoms with Crippen LogP contribution in [0.2, 0.25) is 5.02 Å². The Bertz CT molecular complexity index is 800. The molecule has 152 valence electrons. The Morgan fingerprint density at radius 3 is 1.96 bits per heavy atom. The molecular formula is C25H34ClNO. The van der Waals surface area contributed by atoms with Crippen molar-refractivity contribution >= 4 is 17.7 Å². The van der Waals surface area contributed by atoms with Gasteiger partial charge in [-0.3, -0.25) is 0 Å². The van der Waals surface area contributed by atoms with Gasteiger partial charge in [-0.25, -0.2) is 0 Å². The molecule has 0 aliphatic heterocycles. The molecular weight excluding hydrogens is 366 g/mol. The van der Waals surface area contributed by atoms with E-state index in [2.05, 4.69) is 62.9 Å². The quantitative estimate of drug-likeness (QED) is 0.631. The summed E-state index contributed by atoms with van der Waals surface area (Å²) in [6, 6.07) is 16.1. The third-order valence-corrected chi connectivity index (χ3v) is 5.65. The Morgan fingerprint density at radius 2 is 1.50 bits per heavy atom. The predicted octanol–water partition coefficient (Wildman–Crippen LogP) is 6.13. The third kappa shape index (κ3) is 5.26. The minimum absolute atomic E-state index is 0.0199. The average Bonchev–Trinajstić information content (AvgIpc) is 2.61. The molecule has 0 saturated carbocycles. The highest BCUT2D eigenvalue weighted by molar-refractivity contribution is 6.30. The summed E-state index contributed by atoms with van der Waals surface area (Å²) in [4.78, 5) is 2.12. The van der Waals surface area contributed by atoms with Gasteiger partial charge in [0.2, 0.25) is 0 Å². The lowest BCUT2D eigenvalue weighted by molar-refractivity contribution is 0.0105. The van der Waals surface area contributed by atoms with Gasteiger partial charge >= 0.3 is 0 Å². The van der Waals surface area contributed by atoms with Crippen molar-refractivity contribution in [2.75, 3.05) is 20.6 Å². The molecule has 2 aromatic carbocycles. The van der Waals surface area contributed by atoms with Crippen molar-refractivity contribution < 1.29 is 5.11 Å². The second kappa shape index (κ2) is 8.82. The lowest BCUT2D eigenvalue weighted by Gasteiger charge is -2.38. The largest absolute Gasteiger partial charge is 0.380 e. The molecule has 0 saturated heterocycles. The predicted molar refractivity (Wildman–Crippen MR) is 122 cm³/mol. The fraction of sp³-hybridized carbons (Fsp3) is 0.440. The van der Waals surface area contributed by atoms with Gasteiger partial charge in [-0.05, 0) is 60.8 Å². The van der Waals surface area contributed by atoms with E-state index in [-0.39, 0.29) is 11.3 Å². The molecule has 0 aliphatic carbocycles. The Balaban J connectivity index is 2.52. The topological polar surface area (TPSA) is 23.5 Å². The molecule has 0 bridgehead atoms. The van der Waals surface area contributed by atoms with Crippen LogP contribution in [0.5, 0.6) is 0 Å². The van der Waals surface area contributed by atoms with Gasteiger partial charge in [-0.2, -0.15) is 0 Å². The van der Waals surface area contributed by atoms with E-state index < -0.39 is 5.60 Å².